The minimum Gasteiger partial charge on any atom is -0.0810 e. The van der Waals surface area contributed by atoms with Crippen LogP contribution in [0.4, 0.5) is 0 Å². The monoisotopic (exact) mass is 283 g/mol. The molecule has 0 bridgehead atoms. The van der Waals surface area contributed by atoms with Crippen molar-refractivity contribution >= 4 is 23.2 Å². The number of hydrogen-bond donors (Lipinski definition) is 0. The van der Waals surface area contributed by atoms with Gasteiger partial charge in [0.05, 0.1) is 0 Å². The molecule has 0 nitrogen and oxygen atoms in total. The molecule has 0 unspecified atom stereocenters. The van der Waals surface area contributed by atoms with E-state index >= 15 is 0 Å². The molecular weight excluding hydrogens is 259 g/mol. The van der Waals surface area contributed by atoms with E-state index in [-0.39, 0.29) is 5.31 Å². The van der Waals surface area contributed by atoms with Gasteiger partial charge in [-0.2, -0.15) is 0 Å². The Balaban J connectivity index is 2.49. The van der Waals surface area contributed by atoms with E-state index in [2.05, 4.69) is 57.0 Å². The Morgan fingerprint density at radius 2 is 1.81 bits per heavy atom. The average Bonchev–Trinajstić information content (AvgIpc) is 2.17. The molecule has 0 amide bonds. The quantitative estimate of drug-likeness (QED) is 0.609. The first-order valence-corrected chi connectivity index (χ1v) is 7.44. The lowest BCUT2D eigenvalue weighted by Crippen LogP contribution is -2.20. The Labute approximate surface area is 111 Å². The van der Waals surface area contributed by atoms with Gasteiger partial charge in [-0.25, -0.2) is 0 Å². The predicted molar refractivity (Wildman–Crippen MR) is 78.2 cm³/mol. The Bertz CT molecular complexity index is 237. The molecule has 0 aromatic carbocycles. The lowest BCUT2D eigenvalue weighted by atomic mass is 9.49. The Morgan fingerprint density at radius 3 is 2.31 bits per heavy atom. The van der Waals surface area contributed by atoms with Crippen LogP contribution < -0.4 is 0 Å². The van der Waals surface area contributed by atoms with Gasteiger partial charge in [-0.05, 0) is 29.1 Å². The highest BCUT2D eigenvalue weighted by Crippen LogP contribution is 2.36. The standard InChI is InChI=1S/C14H25BBr/c1-11(2)14(3,4)15-13(16)10-12-8-6-5-7-9-12/h10-12H,5-9H2,1-4H3/b13-10-. The summed E-state index contributed by atoms with van der Waals surface area (Å²) in [6.45, 7) is 9.20. The van der Waals surface area contributed by atoms with Crippen molar-refractivity contribution in [3.8, 4) is 0 Å². The van der Waals surface area contributed by atoms with Crippen LogP contribution in [0, 0.1) is 11.8 Å². The van der Waals surface area contributed by atoms with Gasteiger partial charge in [-0.15, -0.1) is 0 Å². The summed E-state index contributed by atoms with van der Waals surface area (Å²) in [5, 5.41) is 0.282. The zero-order valence-corrected chi connectivity index (χ0v) is 12.8. The molecule has 0 aromatic rings. The van der Waals surface area contributed by atoms with E-state index in [0.717, 1.165) is 5.92 Å². The maximum Gasteiger partial charge on any atom is 0.167 e. The third kappa shape index (κ3) is 4.65. The summed E-state index contributed by atoms with van der Waals surface area (Å²) in [5.41, 5.74) is 0. The van der Waals surface area contributed by atoms with Gasteiger partial charge >= 0.3 is 0 Å². The van der Waals surface area contributed by atoms with Gasteiger partial charge in [-0.3, -0.25) is 0 Å². The highest BCUT2D eigenvalue weighted by Gasteiger charge is 2.25. The van der Waals surface area contributed by atoms with Crippen molar-refractivity contribution in [1.29, 1.82) is 0 Å². The third-order valence-electron chi connectivity index (χ3n) is 4.04. The summed E-state index contributed by atoms with van der Waals surface area (Å²) >= 11 is 3.72. The Kier molecular flexibility index (Phi) is 5.63. The van der Waals surface area contributed by atoms with E-state index in [9.17, 15) is 0 Å². The average molecular weight is 284 g/mol. The van der Waals surface area contributed by atoms with E-state index in [4.69, 9.17) is 0 Å². The summed E-state index contributed by atoms with van der Waals surface area (Å²) < 4.78 is 1.30. The van der Waals surface area contributed by atoms with Crippen molar-refractivity contribution in [1.82, 2.24) is 0 Å². The van der Waals surface area contributed by atoms with Crippen molar-refractivity contribution < 1.29 is 0 Å². The van der Waals surface area contributed by atoms with Gasteiger partial charge in [0.15, 0.2) is 7.28 Å². The van der Waals surface area contributed by atoms with E-state index in [1.54, 1.807) is 0 Å². The zero-order chi connectivity index (χ0) is 12.2. The molecule has 0 heterocycles. The molecule has 2 heteroatoms. The van der Waals surface area contributed by atoms with Crippen molar-refractivity contribution in [3.05, 3.63) is 10.5 Å². The normalized spacial score (nSPS) is 20.2. The van der Waals surface area contributed by atoms with E-state index < -0.39 is 0 Å². The molecule has 0 aliphatic heterocycles. The van der Waals surface area contributed by atoms with Crippen molar-refractivity contribution in [2.24, 2.45) is 11.8 Å². The molecule has 0 N–H and O–H groups in total. The van der Waals surface area contributed by atoms with E-state index in [1.807, 2.05) is 0 Å². The van der Waals surface area contributed by atoms with Crippen LogP contribution >= 0.6 is 15.9 Å². The van der Waals surface area contributed by atoms with Crippen LogP contribution in [0.15, 0.2) is 10.5 Å². The molecule has 0 saturated heterocycles. The maximum atomic E-state index is 3.72. The molecule has 16 heavy (non-hydrogen) atoms. The molecule has 91 valence electrons. The molecule has 0 atom stereocenters. The van der Waals surface area contributed by atoms with Crippen LogP contribution in [0.1, 0.15) is 59.8 Å². The molecule has 1 fully saturated rings. The fourth-order valence-electron chi connectivity index (χ4n) is 2.10. The van der Waals surface area contributed by atoms with Crippen molar-refractivity contribution in [2.75, 3.05) is 0 Å². The Morgan fingerprint density at radius 1 is 1.25 bits per heavy atom. The first-order chi connectivity index (χ1) is 7.42. The molecular formula is C14H25BBr. The smallest absolute Gasteiger partial charge is 0.0810 e. The van der Waals surface area contributed by atoms with Crippen LogP contribution in [0.25, 0.3) is 0 Å². The number of rotatable bonds is 4. The third-order valence-corrected chi connectivity index (χ3v) is 4.54. The zero-order valence-electron chi connectivity index (χ0n) is 11.2. The van der Waals surface area contributed by atoms with E-state index in [1.165, 1.54) is 36.5 Å². The summed E-state index contributed by atoms with van der Waals surface area (Å²) in [4.78, 5) is 0. The van der Waals surface area contributed by atoms with Gasteiger partial charge in [0.25, 0.3) is 0 Å². The topological polar surface area (TPSA) is 0 Å². The molecule has 1 radical (unpaired) electrons. The molecule has 1 saturated carbocycles. The van der Waals surface area contributed by atoms with Crippen LogP contribution in [0.3, 0.4) is 0 Å². The fourth-order valence-corrected chi connectivity index (χ4v) is 3.06. The summed E-state index contributed by atoms with van der Waals surface area (Å²) in [6, 6.07) is 0. The predicted octanol–water partition coefficient (Wildman–Crippen LogP) is 5.36. The fraction of sp³-hybridized carbons (Fsp3) is 0.857. The van der Waals surface area contributed by atoms with Gasteiger partial charge < -0.3 is 0 Å². The largest absolute Gasteiger partial charge is 0.167 e. The van der Waals surface area contributed by atoms with Gasteiger partial charge in [-0.1, -0.05) is 74.3 Å². The van der Waals surface area contributed by atoms with Crippen LogP contribution in [-0.2, 0) is 0 Å². The van der Waals surface area contributed by atoms with Crippen LogP contribution in [0.5, 0.6) is 0 Å². The molecule has 0 spiro atoms. The van der Waals surface area contributed by atoms with Crippen LogP contribution in [0.2, 0.25) is 5.31 Å². The number of allylic oxidation sites excluding steroid dienone is 1. The van der Waals surface area contributed by atoms with Crippen molar-refractivity contribution in [3.63, 3.8) is 0 Å². The van der Waals surface area contributed by atoms with Gasteiger partial charge in [0.2, 0.25) is 0 Å². The lowest BCUT2D eigenvalue weighted by Gasteiger charge is -2.29. The molecule has 1 aliphatic carbocycles. The van der Waals surface area contributed by atoms with Crippen molar-refractivity contribution in [2.45, 2.75) is 65.1 Å². The minimum atomic E-state index is 0.282. The van der Waals surface area contributed by atoms with Crippen LogP contribution in [-0.4, -0.2) is 7.28 Å². The summed E-state index contributed by atoms with van der Waals surface area (Å²) in [5.74, 6) is 1.49. The summed E-state index contributed by atoms with van der Waals surface area (Å²) in [7, 11) is 2.38. The maximum absolute atomic E-state index is 3.72. The SMILES string of the molecule is CC(C)C(C)(C)[B]/C(Br)=C/C1CCCCC1. The second-order valence-electron chi connectivity index (χ2n) is 6.07. The number of hydrogen-bond acceptors (Lipinski definition) is 0. The van der Waals surface area contributed by atoms with E-state index in [0.29, 0.717) is 5.92 Å². The second kappa shape index (κ2) is 6.28. The second-order valence-corrected chi connectivity index (χ2v) is 6.99. The molecule has 0 aromatic heterocycles. The highest BCUT2D eigenvalue weighted by atomic mass is 79.9. The lowest BCUT2D eigenvalue weighted by molar-refractivity contribution is 0.419. The Hall–Kier alpha value is 0.285. The molecule has 1 aliphatic rings. The highest BCUT2D eigenvalue weighted by molar-refractivity contribution is 9.12. The first kappa shape index (κ1) is 14.3. The van der Waals surface area contributed by atoms with Gasteiger partial charge in [0, 0.05) is 0 Å². The summed E-state index contributed by atoms with van der Waals surface area (Å²) in [6.07, 6.45) is 9.45. The first-order valence-electron chi connectivity index (χ1n) is 6.65. The molecule has 1 rings (SSSR count). The van der Waals surface area contributed by atoms with Gasteiger partial charge in [0.1, 0.15) is 0 Å². The number of halogens is 1. The minimum absolute atomic E-state index is 0.282.